The van der Waals surface area contributed by atoms with Gasteiger partial charge in [-0.05, 0) is 34.1 Å². The Morgan fingerprint density at radius 3 is 1.33 bits per heavy atom. The second-order valence-electron chi connectivity index (χ2n) is 6.24. The lowest BCUT2D eigenvalue weighted by molar-refractivity contribution is 0.0645. The second kappa shape index (κ2) is 11.3. The number of nitrogens with zero attached hydrogens (tertiary/aromatic N) is 2. The number of aliphatic hydroxyl groups is 4. The fourth-order valence-corrected chi connectivity index (χ4v) is 2.32. The molecule has 0 aromatic carbocycles. The second-order valence-corrected chi connectivity index (χ2v) is 6.24. The van der Waals surface area contributed by atoms with Crippen molar-refractivity contribution < 1.29 is 20.4 Å². The monoisotopic (exact) mass is 306 g/mol. The number of hydrogen-bond donors (Lipinski definition) is 4. The van der Waals surface area contributed by atoms with Gasteiger partial charge in [-0.1, -0.05) is 0 Å². The molecule has 21 heavy (non-hydrogen) atoms. The van der Waals surface area contributed by atoms with Gasteiger partial charge >= 0.3 is 0 Å². The zero-order chi connectivity index (χ0) is 16.4. The van der Waals surface area contributed by atoms with E-state index in [1.807, 2.05) is 4.90 Å². The predicted molar refractivity (Wildman–Crippen MR) is 84.2 cm³/mol. The van der Waals surface area contributed by atoms with Gasteiger partial charge in [-0.2, -0.15) is 0 Å². The molecule has 0 amide bonds. The molecule has 4 N–H and O–H groups in total. The summed E-state index contributed by atoms with van der Waals surface area (Å²) in [5.41, 5.74) is 0. The topological polar surface area (TPSA) is 87.4 Å². The summed E-state index contributed by atoms with van der Waals surface area (Å²) in [5, 5.41) is 38.0. The van der Waals surface area contributed by atoms with Gasteiger partial charge in [-0.15, -0.1) is 0 Å². The van der Waals surface area contributed by atoms with Gasteiger partial charge in [0.2, 0.25) is 0 Å². The van der Waals surface area contributed by atoms with Crippen LogP contribution in [-0.2, 0) is 0 Å². The SMILES string of the molecule is CC(O)CCN(CCN(CC(C)O)CC(C)O)CC(C)O. The van der Waals surface area contributed by atoms with E-state index in [1.54, 1.807) is 27.7 Å². The van der Waals surface area contributed by atoms with Gasteiger partial charge in [0.05, 0.1) is 24.4 Å². The van der Waals surface area contributed by atoms with Crippen molar-refractivity contribution >= 4 is 0 Å². The molecule has 4 unspecified atom stereocenters. The zero-order valence-corrected chi connectivity index (χ0v) is 13.9. The molecule has 0 aliphatic heterocycles. The molecule has 0 heterocycles. The molecular formula is C15H34N2O4. The molecule has 0 aliphatic carbocycles. The highest BCUT2D eigenvalue weighted by Crippen LogP contribution is 2.01. The summed E-state index contributed by atoms with van der Waals surface area (Å²) < 4.78 is 0. The molecule has 0 aromatic heterocycles. The lowest BCUT2D eigenvalue weighted by Gasteiger charge is -2.30. The van der Waals surface area contributed by atoms with Crippen LogP contribution in [-0.4, -0.2) is 93.9 Å². The Balaban J connectivity index is 4.36. The van der Waals surface area contributed by atoms with Crippen LogP contribution in [0.15, 0.2) is 0 Å². The average Bonchev–Trinajstić information content (AvgIpc) is 2.30. The molecule has 0 fully saturated rings. The lowest BCUT2D eigenvalue weighted by Crippen LogP contribution is -2.43. The van der Waals surface area contributed by atoms with Gasteiger partial charge in [0, 0.05) is 39.3 Å². The summed E-state index contributed by atoms with van der Waals surface area (Å²) in [7, 11) is 0. The Morgan fingerprint density at radius 1 is 0.571 bits per heavy atom. The van der Waals surface area contributed by atoms with Crippen LogP contribution < -0.4 is 0 Å². The van der Waals surface area contributed by atoms with Gasteiger partial charge in [0.15, 0.2) is 0 Å². The molecule has 0 radical (unpaired) electrons. The molecule has 4 atom stereocenters. The fraction of sp³-hybridized carbons (Fsp3) is 1.00. The maximum Gasteiger partial charge on any atom is 0.0639 e. The molecular weight excluding hydrogens is 272 g/mol. The minimum absolute atomic E-state index is 0.354. The summed E-state index contributed by atoms with van der Waals surface area (Å²) in [5.74, 6) is 0. The quantitative estimate of drug-likeness (QED) is 0.389. The summed E-state index contributed by atoms with van der Waals surface area (Å²) in [6.45, 7) is 10.7. The highest BCUT2D eigenvalue weighted by Gasteiger charge is 2.14. The average molecular weight is 306 g/mol. The third-order valence-electron chi connectivity index (χ3n) is 3.16. The first-order valence-electron chi connectivity index (χ1n) is 7.87. The van der Waals surface area contributed by atoms with Crippen LogP contribution in [0.3, 0.4) is 0 Å². The van der Waals surface area contributed by atoms with Crippen LogP contribution in [0.4, 0.5) is 0 Å². The van der Waals surface area contributed by atoms with Gasteiger partial charge < -0.3 is 20.4 Å². The maximum atomic E-state index is 9.55. The van der Waals surface area contributed by atoms with E-state index >= 15 is 0 Å². The van der Waals surface area contributed by atoms with Gasteiger partial charge in [-0.3, -0.25) is 9.80 Å². The van der Waals surface area contributed by atoms with Gasteiger partial charge in [-0.25, -0.2) is 0 Å². The largest absolute Gasteiger partial charge is 0.393 e. The molecule has 0 saturated heterocycles. The minimum atomic E-state index is -0.438. The Labute approximate surface area is 129 Å². The van der Waals surface area contributed by atoms with Gasteiger partial charge in [0.1, 0.15) is 0 Å². The summed E-state index contributed by atoms with van der Waals surface area (Å²) in [6, 6.07) is 0. The van der Waals surface area contributed by atoms with Crippen LogP contribution in [0.25, 0.3) is 0 Å². The van der Waals surface area contributed by atoms with Crippen LogP contribution >= 0.6 is 0 Å². The predicted octanol–water partition coefficient (Wildman–Crippen LogP) is -0.496. The maximum absolute atomic E-state index is 9.55. The standard InChI is InChI=1S/C15H34N2O4/c1-12(18)5-6-16(9-13(2)19)7-8-17(10-14(3)20)11-15(4)21/h12-15,18-21H,5-11H2,1-4H3. The Morgan fingerprint density at radius 2 is 0.952 bits per heavy atom. The van der Waals surface area contributed by atoms with E-state index in [-0.39, 0.29) is 6.10 Å². The Hall–Kier alpha value is -0.240. The molecule has 0 aromatic rings. The highest BCUT2D eigenvalue weighted by molar-refractivity contribution is 4.69. The molecule has 6 heteroatoms. The van der Waals surface area contributed by atoms with Crippen molar-refractivity contribution in [1.82, 2.24) is 9.80 Å². The van der Waals surface area contributed by atoms with Crippen molar-refractivity contribution in [2.24, 2.45) is 0 Å². The third-order valence-corrected chi connectivity index (χ3v) is 3.16. The molecule has 0 bridgehead atoms. The summed E-state index contributed by atoms with van der Waals surface area (Å²) in [6.07, 6.45) is -0.981. The van der Waals surface area contributed by atoms with Crippen molar-refractivity contribution in [2.75, 3.05) is 39.3 Å². The number of hydrogen-bond acceptors (Lipinski definition) is 6. The van der Waals surface area contributed by atoms with Crippen LogP contribution in [0.1, 0.15) is 34.1 Å². The molecule has 0 spiro atoms. The van der Waals surface area contributed by atoms with Crippen molar-refractivity contribution in [3.8, 4) is 0 Å². The molecule has 0 aliphatic rings. The van der Waals surface area contributed by atoms with Gasteiger partial charge in [0.25, 0.3) is 0 Å². The first-order chi connectivity index (χ1) is 9.70. The van der Waals surface area contributed by atoms with Crippen LogP contribution in [0.5, 0.6) is 0 Å². The van der Waals surface area contributed by atoms with Crippen molar-refractivity contribution in [3.05, 3.63) is 0 Å². The summed E-state index contributed by atoms with van der Waals surface area (Å²) in [4.78, 5) is 4.13. The third kappa shape index (κ3) is 13.2. The minimum Gasteiger partial charge on any atom is -0.393 e. The van der Waals surface area contributed by atoms with Crippen LogP contribution in [0.2, 0.25) is 0 Å². The van der Waals surface area contributed by atoms with E-state index in [4.69, 9.17) is 0 Å². The van der Waals surface area contributed by atoms with Crippen molar-refractivity contribution in [3.63, 3.8) is 0 Å². The Kier molecular flexibility index (Phi) is 11.2. The van der Waals surface area contributed by atoms with Crippen molar-refractivity contribution in [2.45, 2.75) is 58.5 Å². The van der Waals surface area contributed by atoms with Crippen molar-refractivity contribution in [1.29, 1.82) is 0 Å². The molecule has 0 rings (SSSR count). The summed E-state index contributed by atoms with van der Waals surface area (Å²) >= 11 is 0. The fourth-order valence-electron chi connectivity index (χ4n) is 2.32. The molecule has 0 saturated carbocycles. The number of rotatable bonds is 12. The van der Waals surface area contributed by atoms with E-state index in [1.165, 1.54) is 0 Å². The van der Waals surface area contributed by atoms with E-state index in [0.717, 1.165) is 13.1 Å². The van der Waals surface area contributed by atoms with E-state index in [9.17, 15) is 20.4 Å². The van der Waals surface area contributed by atoms with E-state index in [0.29, 0.717) is 32.6 Å². The Bertz CT molecular complexity index is 238. The number of aliphatic hydroxyl groups excluding tert-OH is 4. The normalized spacial score (nSPS) is 18.0. The zero-order valence-electron chi connectivity index (χ0n) is 13.9. The molecule has 128 valence electrons. The van der Waals surface area contributed by atoms with E-state index in [2.05, 4.69) is 4.90 Å². The molecule has 6 nitrogen and oxygen atoms in total. The first-order valence-corrected chi connectivity index (χ1v) is 7.87. The first kappa shape index (κ1) is 20.8. The van der Waals surface area contributed by atoms with Crippen LogP contribution in [0, 0.1) is 0 Å². The lowest BCUT2D eigenvalue weighted by atomic mass is 10.2. The highest BCUT2D eigenvalue weighted by atomic mass is 16.3. The smallest absolute Gasteiger partial charge is 0.0639 e. The van der Waals surface area contributed by atoms with E-state index < -0.39 is 18.3 Å².